The van der Waals surface area contributed by atoms with Crippen LogP contribution in [0.4, 0.5) is 13.2 Å². The van der Waals surface area contributed by atoms with E-state index in [0.29, 0.717) is 19.3 Å². The van der Waals surface area contributed by atoms with Crippen molar-refractivity contribution in [1.29, 1.82) is 0 Å². The lowest BCUT2D eigenvalue weighted by Crippen LogP contribution is -2.49. The fourth-order valence-corrected chi connectivity index (χ4v) is 4.25. The average Bonchev–Trinajstić information content (AvgIpc) is 2.46. The highest BCUT2D eigenvalue weighted by Gasteiger charge is 2.40. The Morgan fingerprint density at radius 3 is 2.61 bits per heavy atom. The highest BCUT2D eigenvalue weighted by Crippen LogP contribution is 2.34. The standard InChI is InChI=1S/C14H18F3NO4S/c1-2-13(19)8-5-9-18(10-13)23(20,21)12-7-4-3-6-11(12)22-14(15,16)17/h3-4,6-7,19H,2,5,8-10H2,1H3/t13-/m1/s1. The van der Waals surface area contributed by atoms with Gasteiger partial charge in [-0.25, -0.2) is 8.42 Å². The third kappa shape index (κ3) is 4.15. The number of nitrogens with zero attached hydrogens (tertiary/aromatic N) is 1. The summed E-state index contributed by atoms with van der Waals surface area (Å²) in [7, 11) is -4.20. The van der Waals surface area contributed by atoms with Crippen LogP contribution in [0.1, 0.15) is 26.2 Å². The molecule has 1 aliphatic heterocycles. The van der Waals surface area contributed by atoms with Crippen molar-refractivity contribution in [3.63, 3.8) is 0 Å². The average molecular weight is 353 g/mol. The van der Waals surface area contributed by atoms with E-state index in [1.54, 1.807) is 6.92 Å². The summed E-state index contributed by atoms with van der Waals surface area (Å²) >= 11 is 0. The smallest absolute Gasteiger partial charge is 0.404 e. The molecular weight excluding hydrogens is 335 g/mol. The molecule has 1 heterocycles. The van der Waals surface area contributed by atoms with Crippen molar-refractivity contribution < 1.29 is 31.4 Å². The van der Waals surface area contributed by atoms with E-state index in [2.05, 4.69) is 4.74 Å². The molecule has 1 aromatic carbocycles. The van der Waals surface area contributed by atoms with E-state index < -0.39 is 32.6 Å². The molecule has 9 heteroatoms. The van der Waals surface area contributed by atoms with Gasteiger partial charge < -0.3 is 9.84 Å². The number of alkyl halides is 3. The molecule has 0 bridgehead atoms. The van der Waals surface area contributed by atoms with Gasteiger partial charge in [-0.3, -0.25) is 0 Å². The molecule has 0 spiro atoms. The monoisotopic (exact) mass is 353 g/mol. The summed E-state index contributed by atoms with van der Waals surface area (Å²) in [6, 6.07) is 4.61. The molecule has 1 N–H and O–H groups in total. The molecule has 130 valence electrons. The van der Waals surface area contributed by atoms with Gasteiger partial charge in [0.05, 0.1) is 5.60 Å². The normalized spacial score (nSPS) is 23.7. The van der Waals surface area contributed by atoms with Gasteiger partial charge in [0.15, 0.2) is 0 Å². The van der Waals surface area contributed by atoms with E-state index in [-0.39, 0.29) is 13.1 Å². The summed E-state index contributed by atoms with van der Waals surface area (Å²) < 4.78 is 67.5. The summed E-state index contributed by atoms with van der Waals surface area (Å²) in [6.45, 7) is 1.73. The van der Waals surface area contributed by atoms with E-state index in [1.165, 1.54) is 12.1 Å². The van der Waals surface area contributed by atoms with Gasteiger partial charge in [-0.15, -0.1) is 13.2 Å². The first-order valence-electron chi connectivity index (χ1n) is 7.15. The third-order valence-electron chi connectivity index (χ3n) is 3.87. The van der Waals surface area contributed by atoms with Gasteiger partial charge in [-0.2, -0.15) is 4.31 Å². The Hall–Kier alpha value is -1.32. The number of hydrogen-bond donors (Lipinski definition) is 1. The Labute approximate surface area is 132 Å². The number of piperidine rings is 1. The molecule has 0 amide bonds. The first kappa shape index (κ1) is 18.0. The van der Waals surface area contributed by atoms with Gasteiger partial charge in [0, 0.05) is 13.1 Å². The molecule has 1 atom stereocenters. The minimum absolute atomic E-state index is 0.144. The number of hydrogen-bond acceptors (Lipinski definition) is 4. The molecular formula is C14H18F3NO4S. The van der Waals surface area contributed by atoms with Crippen LogP contribution in [0.3, 0.4) is 0 Å². The zero-order valence-corrected chi connectivity index (χ0v) is 13.3. The van der Waals surface area contributed by atoms with Crippen LogP contribution in [0.5, 0.6) is 5.75 Å². The SMILES string of the molecule is CC[C@@]1(O)CCCN(S(=O)(=O)c2ccccc2OC(F)(F)F)C1. The maximum atomic E-state index is 12.7. The van der Waals surface area contributed by atoms with Crippen LogP contribution < -0.4 is 4.74 Å². The van der Waals surface area contributed by atoms with E-state index >= 15 is 0 Å². The molecule has 1 fully saturated rings. The molecule has 0 saturated carbocycles. The molecule has 2 rings (SSSR count). The Morgan fingerprint density at radius 1 is 1.35 bits per heavy atom. The Bertz CT molecular complexity index is 662. The number of aliphatic hydroxyl groups is 1. The predicted octanol–water partition coefficient (Wildman–Crippen LogP) is 2.51. The summed E-state index contributed by atoms with van der Waals surface area (Å²) in [6.07, 6.45) is -3.74. The molecule has 1 aliphatic rings. The second-order valence-corrected chi connectivity index (χ2v) is 7.42. The molecule has 0 aromatic heterocycles. The van der Waals surface area contributed by atoms with Crippen LogP contribution in [-0.2, 0) is 10.0 Å². The van der Waals surface area contributed by atoms with E-state index in [0.717, 1.165) is 16.4 Å². The summed E-state index contributed by atoms with van der Waals surface area (Å²) in [5.41, 5.74) is -1.16. The Morgan fingerprint density at radius 2 is 2.00 bits per heavy atom. The number of ether oxygens (including phenoxy) is 1. The van der Waals surface area contributed by atoms with Crippen molar-refractivity contribution in [2.24, 2.45) is 0 Å². The fourth-order valence-electron chi connectivity index (χ4n) is 2.58. The zero-order valence-electron chi connectivity index (χ0n) is 12.5. The second kappa shape index (κ2) is 6.29. The van der Waals surface area contributed by atoms with E-state index in [9.17, 15) is 26.7 Å². The highest BCUT2D eigenvalue weighted by atomic mass is 32.2. The summed E-state index contributed by atoms with van der Waals surface area (Å²) in [5, 5.41) is 10.3. The van der Waals surface area contributed by atoms with Gasteiger partial charge in [0.2, 0.25) is 10.0 Å². The van der Waals surface area contributed by atoms with Crippen LogP contribution in [0.15, 0.2) is 29.2 Å². The Kier molecular flexibility index (Phi) is 4.93. The van der Waals surface area contributed by atoms with Gasteiger partial charge in [0.1, 0.15) is 10.6 Å². The maximum absolute atomic E-state index is 12.7. The molecule has 5 nitrogen and oxygen atoms in total. The minimum atomic E-state index is -4.99. The van der Waals surface area contributed by atoms with Gasteiger partial charge in [-0.05, 0) is 31.4 Å². The number of sulfonamides is 1. The fraction of sp³-hybridized carbons (Fsp3) is 0.571. The molecule has 1 saturated heterocycles. The molecule has 1 aromatic rings. The lowest BCUT2D eigenvalue weighted by atomic mass is 9.92. The van der Waals surface area contributed by atoms with E-state index in [4.69, 9.17) is 0 Å². The van der Waals surface area contributed by atoms with Crippen molar-refractivity contribution >= 4 is 10.0 Å². The van der Waals surface area contributed by atoms with Crippen molar-refractivity contribution in [2.45, 2.75) is 43.0 Å². The first-order valence-corrected chi connectivity index (χ1v) is 8.59. The molecule has 0 aliphatic carbocycles. The lowest BCUT2D eigenvalue weighted by molar-refractivity contribution is -0.275. The number of para-hydroxylation sites is 1. The van der Waals surface area contributed by atoms with Crippen molar-refractivity contribution in [1.82, 2.24) is 4.31 Å². The van der Waals surface area contributed by atoms with Crippen LogP contribution >= 0.6 is 0 Å². The van der Waals surface area contributed by atoms with Crippen LogP contribution in [0.2, 0.25) is 0 Å². The van der Waals surface area contributed by atoms with Crippen LogP contribution in [0, 0.1) is 0 Å². The number of β-amino-alcohol motifs (C(OH)–C–C–N with tert-alkyl or cyclic N) is 1. The topological polar surface area (TPSA) is 66.8 Å². The lowest BCUT2D eigenvalue weighted by Gasteiger charge is -2.38. The molecule has 0 unspecified atom stereocenters. The highest BCUT2D eigenvalue weighted by molar-refractivity contribution is 7.89. The zero-order chi connectivity index (χ0) is 17.3. The van der Waals surface area contributed by atoms with Crippen LogP contribution in [0.25, 0.3) is 0 Å². The first-order chi connectivity index (χ1) is 10.6. The van der Waals surface area contributed by atoms with Crippen molar-refractivity contribution in [3.8, 4) is 5.75 Å². The molecule has 23 heavy (non-hydrogen) atoms. The Balaban J connectivity index is 2.37. The van der Waals surface area contributed by atoms with Crippen molar-refractivity contribution in [3.05, 3.63) is 24.3 Å². The largest absolute Gasteiger partial charge is 0.573 e. The van der Waals surface area contributed by atoms with Gasteiger partial charge in [-0.1, -0.05) is 19.1 Å². The van der Waals surface area contributed by atoms with Crippen molar-refractivity contribution in [2.75, 3.05) is 13.1 Å². The quantitative estimate of drug-likeness (QED) is 0.903. The van der Waals surface area contributed by atoms with Gasteiger partial charge in [0.25, 0.3) is 0 Å². The minimum Gasteiger partial charge on any atom is -0.404 e. The summed E-state index contributed by atoms with van der Waals surface area (Å²) in [5.74, 6) is -0.773. The summed E-state index contributed by atoms with van der Waals surface area (Å²) in [4.78, 5) is -0.558. The molecule has 0 radical (unpaired) electrons. The maximum Gasteiger partial charge on any atom is 0.573 e. The predicted molar refractivity (Wildman–Crippen MR) is 76.4 cm³/mol. The van der Waals surface area contributed by atoms with Gasteiger partial charge >= 0.3 is 6.36 Å². The third-order valence-corrected chi connectivity index (χ3v) is 5.76. The number of benzene rings is 1. The van der Waals surface area contributed by atoms with Crippen LogP contribution in [-0.4, -0.2) is 42.9 Å². The number of halogens is 3. The van der Waals surface area contributed by atoms with E-state index in [1.807, 2.05) is 0 Å². The second-order valence-electron chi connectivity index (χ2n) is 5.51. The number of rotatable bonds is 4.